The number of hydrogen-bond donors (Lipinski definition) is 1. The van der Waals surface area contributed by atoms with Gasteiger partial charge in [0.1, 0.15) is 12.8 Å². The predicted molar refractivity (Wildman–Crippen MR) is 151 cm³/mol. The molecule has 2 heterocycles. The molecule has 1 saturated heterocycles. The standard InChI is InChI=1S/C27H37N5O5SSi/c1-39(2,3)16-15-37-20-31-19-22(18-28)29-26(31)27(33)30-25-10-9-23(17-24(25)21-7-5-4-6-8-21)38(34,35)32-11-13-36-14-12-32/h7,9-10,17,19H,4-6,8,11-16,20H2,1-3H3,(H,30,33). The molecule has 0 unspecified atom stereocenters. The smallest absolute Gasteiger partial charge is 0.291 e. The van der Waals surface area contributed by atoms with E-state index in [2.05, 4.69) is 36.0 Å². The molecule has 0 radical (unpaired) electrons. The van der Waals surface area contributed by atoms with Crippen LogP contribution in [0, 0.1) is 11.3 Å². The highest BCUT2D eigenvalue weighted by Crippen LogP contribution is 2.34. The van der Waals surface area contributed by atoms with E-state index < -0.39 is 24.0 Å². The highest BCUT2D eigenvalue weighted by molar-refractivity contribution is 7.89. The van der Waals surface area contributed by atoms with E-state index in [1.165, 1.54) is 21.1 Å². The Morgan fingerprint density at radius 3 is 2.67 bits per heavy atom. The molecule has 0 atom stereocenters. The first-order chi connectivity index (χ1) is 18.6. The van der Waals surface area contributed by atoms with Gasteiger partial charge in [0.25, 0.3) is 5.91 Å². The minimum Gasteiger partial charge on any atom is -0.379 e. The van der Waals surface area contributed by atoms with Crippen molar-refractivity contribution in [2.45, 2.75) is 63.0 Å². The van der Waals surface area contributed by atoms with Gasteiger partial charge in [-0.1, -0.05) is 25.7 Å². The predicted octanol–water partition coefficient (Wildman–Crippen LogP) is 4.30. The largest absolute Gasteiger partial charge is 0.379 e. The average molecular weight is 572 g/mol. The van der Waals surface area contributed by atoms with Gasteiger partial charge in [-0.25, -0.2) is 13.4 Å². The number of morpholine rings is 1. The van der Waals surface area contributed by atoms with Gasteiger partial charge in [-0.2, -0.15) is 9.57 Å². The summed E-state index contributed by atoms with van der Waals surface area (Å²) < 4.78 is 40.8. The third kappa shape index (κ3) is 7.43. The zero-order chi connectivity index (χ0) is 28.0. The molecule has 210 valence electrons. The number of hydrogen-bond acceptors (Lipinski definition) is 7. The SMILES string of the molecule is C[Si](C)(C)CCOCn1cc(C#N)nc1C(=O)Nc1ccc(S(=O)(=O)N2CCOCC2)cc1C1=CCCCC1. The molecular formula is C27H37N5O5SSi. The van der Waals surface area contributed by atoms with E-state index in [9.17, 15) is 18.5 Å². The number of nitrogens with zero attached hydrogens (tertiary/aromatic N) is 4. The molecular weight excluding hydrogens is 534 g/mol. The summed E-state index contributed by atoms with van der Waals surface area (Å²) >= 11 is 0. The molecule has 2 aromatic rings. The number of aromatic nitrogens is 2. The lowest BCUT2D eigenvalue weighted by Crippen LogP contribution is -2.40. The summed E-state index contributed by atoms with van der Waals surface area (Å²) in [5.41, 5.74) is 2.31. The van der Waals surface area contributed by atoms with E-state index >= 15 is 0 Å². The van der Waals surface area contributed by atoms with Gasteiger partial charge < -0.3 is 19.4 Å². The molecule has 12 heteroatoms. The molecule has 10 nitrogen and oxygen atoms in total. The van der Waals surface area contributed by atoms with E-state index in [4.69, 9.17) is 9.47 Å². The normalized spacial score (nSPS) is 16.9. The number of ether oxygens (including phenoxy) is 2. The third-order valence-corrected chi connectivity index (χ3v) is 10.4. The summed E-state index contributed by atoms with van der Waals surface area (Å²) in [6, 6.07) is 7.79. The fourth-order valence-corrected chi connectivity index (χ4v) is 6.74. The Morgan fingerprint density at radius 1 is 1.23 bits per heavy atom. The summed E-state index contributed by atoms with van der Waals surface area (Å²) in [6.07, 6.45) is 7.37. The second-order valence-corrected chi connectivity index (χ2v) is 18.6. The number of rotatable bonds is 10. The van der Waals surface area contributed by atoms with Crippen LogP contribution < -0.4 is 5.32 Å². The van der Waals surface area contributed by atoms with Gasteiger partial charge in [0.15, 0.2) is 5.69 Å². The van der Waals surface area contributed by atoms with Crippen LogP contribution in [0.2, 0.25) is 25.7 Å². The number of benzene rings is 1. The van der Waals surface area contributed by atoms with Crippen LogP contribution >= 0.6 is 0 Å². The maximum Gasteiger partial charge on any atom is 0.291 e. The maximum atomic E-state index is 13.4. The molecule has 0 saturated carbocycles. The van der Waals surface area contributed by atoms with Crippen LogP contribution in [0.5, 0.6) is 0 Å². The lowest BCUT2D eigenvalue weighted by molar-refractivity contribution is 0.0730. The van der Waals surface area contributed by atoms with Gasteiger partial charge in [0.05, 0.1) is 18.1 Å². The van der Waals surface area contributed by atoms with Gasteiger partial charge in [-0.3, -0.25) is 4.79 Å². The summed E-state index contributed by atoms with van der Waals surface area (Å²) in [5, 5.41) is 12.3. The molecule has 0 bridgehead atoms. The fourth-order valence-electron chi connectivity index (χ4n) is 4.55. The average Bonchev–Trinajstić information content (AvgIpc) is 3.35. The summed E-state index contributed by atoms with van der Waals surface area (Å²) in [7, 11) is -4.98. The number of imidazole rings is 1. The van der Waals surface area contributed by atoms with Gasteiger partial charge in [0, 0.05) is 45.2 Å². The van der Waals surface area contributed by atoms with E-state index in [0.717, 1.165) is 37.3 Å². The van der Waals surface area contributed by atoms with Crippen molar-refractivity contribution in [3.05, 3.63) is 47.6 Å². The van der Waals surface area contributed by atoms with Crippen molar-refractivity contribution >= 4 is 35.3 Å². The van der Waals surface area contributed by atoms with E-state index in [0.29, 0.717) is 44.2 Å². The number of amides is 1. The van der Waals surface area contributed by atoms with Crippen LogP contribution in [0.4, 0.5) is 5.69 Å². The number of sulfonamides is 1. The second-order valence-electron chi connectivity index (χ2n) is 11.0. The molecule has 4 rings (SSSR count). The van der Waals surface area contributed by atoms with E-state index in [1.807, 2.05) is 6.07 Å². The van der Waals surface area contributed by atoms with Gasteiger partial charge in [-0.15, -0.1) is 0 Å². The quantitative estimate of drug-likeness (QED) is 0.333. The van der Waals surface area contributed by atoms with E-state index in [1.54, 1.807) is 12.1 Å². The van der Waals surface area contributed by atoms with Gasteiger partial charge >= 0.3 is 0 Å². The fraction of sp³-hybridized carbons (Fsp3) is 0.519. The first-order valence-electron chi connectivity index (χ1n) is 13.4. The monoisotopic (exact) mass is 571 g/mol. The van der Waals surface area contributed by atoms with Crippen LogP contribution in [0.25, 0.3) is 5.57 Å². The maximum absolute atomic E-state index is 13.4. The first-order valence-corrected chi connectivity index (χ1v) is 18.5. The van der Waals surface area contributed by atoms with Crippen LogP contribution in [-0.4, -0.2) is 69.2 Å². The van der Waals surface area contributed by atoms with Crippen LogP contribution in [0.15, 0.2) is 35.4 Å². The first kappa shape index (κ1) is 29.2. The Balaban J connectivity index is 1.60. The van der Waals surface area contributed by atoms with Crippen molar-refractivity contribution in [1.82, 2.24) is 13.9 Å². The van der Waals surface area contributed by atoms with Crippen molar-refractivity contribution in [3.8, 4) is 6.07 Å². The Bertz CT molecular complexity index is 1370. The molecule has 1 aliphatic heterocycles. The number of allylic oxidation sites excluding steroid dienone is 2. The van der Waals surface area contributed by atoms with Gasteiger partial charge in [-0.05, 0) is 55.5 Å². The van der Waals surface area contributed by atoms with E-state index in [-0.39, 0.29) is 23.1 Å². The van der Waals surface area contributed by atoms with Crippen molar-refractivity contribution in [2.75, 3.05) is 38.2 Å². The Morgan fingerprint density at radius 2 is 2.00 bits per heavy atom. The zero-order valence-corrected chi connectivity index (χ0v) is 24.7. The topological polar surface area (TPSA) is 127 Å². The summed E-state index contributed by atoms with van der Waals surface area (Å²) in [4.78, 5) is 17.8. The minimum atomic E-state index is -3.70. The Labute approximate surface area is 231 Å². The highest BCUT2D eigenvalue weighted by atomic mass is 32.2. The van der Waals surface area contributed by atoms with Crippen molar-refractivity contribution in [2.24, 2.45) is 0 Å². The zero-order valence-electron chi connectivity index (χ0n) is 22.9. The minimum absolute atomic E-state index is 0.0631. The molecule has 0 spiro atoms. The van der Waals surface area contributed by atoms with Crippen molar-refractivity contribution < 1.29 is 22.7 Å². The Kier molecular flexibility index (Phi) is 9.40. The van der Waals surface area contributed by atoms with Crippen molar-refractivity contribution in [3.63, 3.8) is 0 Å². The van der Waals surface area contributed by atoms with Crippen LogP contribution in [0.3, 0.4) is 0 Å². The molecule has 1 N–H and O–H groups in total. The number of carbonyl (C=O) groups excluding carboxylic acids is 1. The molecule has 1 aliphatic carbocycles. The number of anilines is 1. The number of nitriles is 1. The number of carbonyl (C=O) groups is 1. The summed E-state index contributed by atoms with van der Waals surface area (Å²) in [6.45, 7) is 8.80. The lowest BCUT2D eigenvalue weighted by Gasteiger charge is -2.26. The van der Waals surface area contributed by atoms with Crippen molar-refractivity contribution in [1.29, 1.82) is 5.26 Å². The molecule has 2 aliphatic rings. The van der Waals surface area contributed by atoms with Crippen LogP contribution in [0.1, 0.15) is 47.6 Å². The Hall–Kier alpha value is -2.82. The summed E-state index contributed by atoms with van der Waals surface area (Å²) in [5.74, 6) is -0.431. The van der Waals surface area contributed by atoms with Crippen LogP contribution in [-0.2, 0) is 26.2 Å². The molecule has 1 amide bonds. The van der Waals surface area contributed by atoms with Gasteiger partial charge in [0.2, 0.25) is 15.8 Å². The molecule has 39 heavy (non-hydrogen) atoms. The number of nitrogens with one attached hydrogen (secondary N) is 1. The molecule has 1 fully saturated rings. The lowest BCUT2D eigenvalue weighted by atomic mass is 9.92. The molecule has 1 aromatic carbocycles. The second kappa shape index (κ2) is 12.6. The highest BCUT2D eigenvalue weighted by Gasteiger charge is 2.28. The third-order valence-electron chi connectivity index (χ3n) is 6.80. The molecule has 1 aromatic heterocycles.